The molecule has 2 rings (SSSR count). The number of carbonyl (C=O) groups is 1. The Kier molecular flexibility index (Phi) is 8.19. The van der Waals surface area contributed by atoms with Gasteiger partial charge in [0.05, 0.1) is 7.11 Å². The number of nitrogens with zero attached hydrogens (tertiary/aromatic N) is 1. The van der Waals surface area contributed by atoms with E-state index >= 15 is 0 Å². The van der Waals surface area contributed by atoms with Gasteiger partial charge in [0.1, 0.15) is 17.3 Å². The van der Waals surface area contributed by atoms with Crippen molar-refractivity contribution in [2.24, 2.45) is 5.92 Å². The molecule has 0 fully saturated rings. The van der Waals surface area contributed by atoms with Gasteiger partial charge in [-0.2, -0.15) is 8.42 Å². The number of ether oxygens (including phenoxy) is 2. The van der Waals surface area contributed by atoms with Gasteiger partial charge in [0, 0.05) is 20.2 Å². The smallest absolute Gasteiger partial charge is 0.339 e. The third-order valence-corrected chi connectivity index (χ3v) is 5.36. The Morgan fingerprint density at radius 3 is 2.30 bits per heavy atom. The van der Waals surface area contributed by atoms with E-state index in [0.717, 1.165) is 24.3 Å². The molecule has 0 radical (unpaired) electrons. The molecule has 164 valence electrons. The Morgan fingerprint density at radius 2 is 1.73 bits per heavy atom. The summed E-state index contributed by atoms with van der Waals surface area (Å²) in [6, 6.07) is 9.11. The van der Waals surface area contributed by atoms with Crippen LogP contribution in [0.3, 0.4) is 0 Å². The van der Waals surface area contributed by atoms with Crippen LogP contribution in [0.15, 0.2) is 47.4 Å². The highest BCUT2D eigenvalue weighted by Gasteiger charge is 2.21. The maximum atomic E-state index is 13.1. The first-order chi connectivity index (χ1) is 14.2. The standard InChI is InChI=1S/C21H26FNO6S/c1-15(2)12-23(21(24)14-27-3)13-16-5-10-19(28-4)20(11-16)29-30(25,26)18-8-6-17(22)7-9-18/h5-11,15H,12-14H2,1-4H3. The molecule has 0 bridgehead atoms. The number of hydrogen-bond donors (Lipinski definition) is 0. The molecule has 30 heavy (non-hydrogen) atoms. The second-order valence-electron chi connectivity index (χ2n) is 7.08. The van der Waals surface area contributed by atoms with Crippen LogP contribution >= 0.6 is 0 Å². The summed E-state index contributed by atoms with van der Waals surface area (Å²) in [5.74, 6) is -0.312. The Bertz CT molecular complexity index is 960. The van der Waals surface area contributed by atoms with Crippen molar-refractivity contribution in [2.75, 3.05) is 27.4 Å². The van der Waals surface area contributed by atoms with Crippen molar-refractivity contribution >= 4 is 16.0 Å². The molecule has 0 heterocycles. The van der Waals surface area contributed by atoms with E-state index in [9.17, 15) is 17.6 Å². The third kappa shape index (κ3) is 6.43. The average molecular weight is 440 g/mol. The van der Waals surface area contributed by atoms with Gasteiger partial charge in [-0.15, -0.1) is 0 Å². The molecule has 0 saturated heterocycles. The summed E-state index contributed by atoms with van der Waals surface area (Å²) < 4.78 is 53.7. The van der Waals surface area contributed by atoms with E-state index in [1.807, 2.05) is 13.8 Å². The van der Waals surface area contributed by atoms with Crippen molar-refractivity contribution < 1.29 is 31.3 Å². The van der Waals surface area contributed by atoms with E-state index in [1.165, 1.54) is 20.3 Å². The Balaban J connectivity index is 2.31. The first-order valence-electron chi connectivity index (χ1n) is 9.30. The third-order valence-electron chi connectivity index (χ3n) is 4.11. The summed E-state index contributed by atoms with van der Waals surface area (Å²) in [5, 5.41) is 0. The van der Waals surface area contributed by atoms with Gasteiger partial charge >= 0.3 is 10.1 Å². The van der Waals surface area contributed by atoms with Crippen LogP contribution < -0.4 is 8.92 Å². The Morgan fingerprint density at radius 1 is 1.07 bits per heavy atom. The predicted octanol–water partition coefficient (Wildman–Crippen LogP) is 3.23. The number of hydrogen-bond acceptors (Lipinski definition) is 6. The molecule has 9 heteroatoms. The number of rotatable bonds is 10. The van der Waals surface area contributed by atoms with Crippen LogP contribution in [0.5, 0.6) is 11.5 Å². The lowest BCUT2D eigenvalue weighted by Gasteiger charge is -2.25. The fraction of sp³-hybridized carbons (Fsp3) is 0.381. The van der Waals surface area contributed by atoms with Gasteiger partial charge in [-0.3, -0.25) is 4.79 Å². The first kappa shape index (κ1) is 23.6. The highest BCUT2D eigenvalue weighted by molar-refractivity contribution is 7.87. The molecule has 0 saturated carbocycles. The van der Waals surface area contributed by atoms with Crippen LogP contribution in [0.2, 0.25) is 0 Å². The monoisotopic (exact) mass is 439 g/mol. The van der Waals surface area contributed by atoms with Crippen molar-refractivity contribution in [3.63, 3.8) is 0 Å². The van der Waals surface area contributed by atoms with E-state index in [-0.39, 0.29) is 41.4 Å². The predicted molar refractivity (Wildman–Crippen MR) is 109 cm³/mol. The molecule has 0 spiro atoms. The zero-order chi connectivity index (χ0) is 22.3. The minimum Gasteiger partial charge on any atom is -0.493 e. The summed E-state index contributed by atoms with van der Waals surface area (Å²) in [5.41, 5.74) is 0.658. The summed E-state index contributed by atoms with van der Waals surface area (Å²) in [6.07, 6.45) is 0. The number of benzene rings is 2. The Hall–Kier alpha value is -2.65. The largest absolute Gasteiger partial charge is 0.493 e. The van der Waals surface area contributed by atoms with Crippen molar-refractivity contribution in [1.29, 1.82) is 0 Å². The average Bonchev–Trinajstić information content (AvgIpc) is 2.67. The molecule has 0 aliphatic carbocycles. The number of halogens is 1. The summed E-state index contributed by atoms with van der Waals surface area (Å²) in [6.45, 7) is 4.69. The van der Waals surface area contributed by atoms with E-state index in [2.05, 4.69) is 0 Å². The lowest BCUT2D eigenvalue weighted by molar-refractivity contribution is -0.136. The van der Waals surface area contributed by atoms with Gasteiger partial charge in [-0.25, -0.2) is 4.39 Å². The van der Waals surface area contributed by atoms with Gasteiger partial charge in [0.25, 0.3) is 0 Å². The minimum atomic E-state index is -4.20. The van der Waals surface area contributed by atoms with Crippen molar-refractivity contribution in [1.82, 2.24) is 4.90 Å². The second kappa shape index (κ2) is 10.4. The lowest BCUT2D eigenvalue weighted by atomic mass is 10.1. The fourth-order valence-corrected chi connectivity index (χ4v) is 3.71. The zero-order valence-electron chi connectivity index (χ0n) is 17.4. The summed E-state index contributed by atoms with van der Waals surface area (Å²) in [4.78, 5) is 13.8. The maximum absolute atomic E-state index is 13.1. The Labute approximate surface area is 176 Å². The molecule has 0 unspecified atom stereocenters. The van der Waals surface area contributed by atoms with Gasteiger partial charge < -0.3 is 18.6 Å². The molecule has 2 aromatic carbocycles. The molecule has 0 atom stereocenters. The van der Waals surface area contributed by atoms with Crippen LogP contribution in [0, 0.1) is 11.7 Å². The molecule has 0 aliphatic heterocycles. The van der Waals surface area contributed by atoms with E-state index in [0.29, 0.717) is 12.1 Å². The number of amides is 1. The fourth-order valence-electron chi connectivity index (χ4n) is 2.78. The van der Waals surface area contributed by atoms with Crippen molar-refractivity contribution in [2.45, 2.75) is 25.3 Å². The highest BCUT2D eigenvalue weighted by atomic mass is 32.2. The molecule has 0 N–H and O–H groups in total. The first-order valence-corrected chi connectivity index (χ1v) is 10.7. The molecule has 0 aliphatic rings. The SMILES string of the molecule is COCC(=O)N(Cc1ccc(OC)c(OS(=O)(=O)c2ccc(F)cc2)c1)CC(C)C. The van der Waals surface area contributed by atoms with Crippen molar-refractivity contribution in [3.05, 3.63) is 53.8 Å². The van der Waals surface area contributed by atoms with E-state index < -0.39 is 15.9 Å². The number of methoxy groups -OCH3 is 2. The topological polar surface area (TPSA) is 82.1 Å². The lowest BCUT2D eigenvalue weighted by Crippen LogP contribution is -2.36. The zero-order valence-corrected chi connectivity index (χ0v) is 18.2. The molecular weight excluding hydrogens is 413 g/mol. The van der Waals surface area contributed by atoms with Gasteiger partial charge in [-0.1, -0.05) is 19.9 Å². The van der Waals surface area contributed by atoms with Crippen molar-refractivity contribution in [3.8, 4) is 11.5 Å². The van der Waals surface area contributed by atoms with E-state index in [4.69, 9.17) is 13.7 Å². The van der Waals surface area contributed by atoms with Gasteiger partial charge in [0.2, 0.25) is 5.91 Å². The minimum absolute atomic E-state index is 0.0250. The molecule has 0 aromatic heterocycles. The number of carbonyl (C=O) groups excluding carboxylic acids is 1. The van der Waals surface area contributed by atoms with Crippen LogP contribution in [-0.2, 0) is 26.2 Å². The van der Waals surface area contributed by atoms with Crippen LogP contribution in [0.25, 0.3) is 0 Å². The summed E-state index contributed by atoms with van der Waals surface area (Å²) >= 11 is 0. The van der Waals surface area contributed by atoms with Gasteiger partial charge in [0.15, 0.2) is 11.5 Å². The molecular formula is C21H26FNO6S. The van der Waals surface area contributed by atoms with Crippen LogP contribution in [-0.4, -0.2) is 46.6 Å². The summed E-state index contributed by atoms with van der Waals surface area (Å²) in [7, 11) is -1.36. The van der Waals surface area contributed by atoms with Gasteiger partial charge in [-0.05, 0) is 47.9 Å². The quantitative estimate of drug-likeness (QED) is 0.529. The normalized spacial score (nSPS) is 11.4. The highest BCUT2D eigenvalue weighted by Crippen LogP contribution is 2.31. The molecule has 2 aromatic rings. The van der Waals surface area contributed by atoms with Crippen LogP contribution in [0.4, 0.5) is 4.39 Å². The van der Waals surface area contributed by atoms with E-state index in [1.54, 1.807) is 17.0 Å². The molecule has 7 nitrogen and oxygen atoms in total. The molecule has 1 amide bonds. The second-order valence-corrected chi connectivity index (χ2v) is 8.62. The van der Waals surface area contributed by atoms with Crippen LogP contribution in [0.1, 0.15) is 19.4 Å². The maximum Gasteiger partial charge on any atom is 0.339 e.